The average molecular weight is 276 g/mol. The number of aromatic nitrogens is 1. The largest absolute Gasteiger partial charge is 0.363 e. The van der Waals surface area contributed by atoms with Crippen molar-refractivity contribution >= 4 is 5.82 Å². The molecule has 106 valence electrons. The zero-order valence-electron chi connectivity index (χ0n) is 11.7. The van der Waals surface area contributed by atoms with Gasteiger partial charge in [0, 0.05) is 11.6 Å². The second-order valence-electron chi connectivity index (χ2n) is 5.48. The van der Waals surface area contributed by atoms with Gasteiger partial charge < -0.3 is 5.32 Å². The van der Waals surface area contributed by atoms with Gasteiger partial charge in [-0.2, -0.15) is 0 Å². The molecule has 1 aromatic heterocycles. The third kappa shape index (κ3) is 4.02. The van der Waals surface area contributed by atoms with Crippen molar-refractivity contribution in [2.75, 3.05) is 5.32 Å². The highest BCUT2D eigenvalue weighted by molar-refractivity contribution is 5.38. The Hall–Kier alpha value is -1.97. The number of rotatable bonds is 5. The Morgan fingerprint density at radius 2 is 1.85 bits per heavy atom. The summed E-state index contributed by atoms with van der Waals surface area (Å²) in [5.41, 5.74) is 0.900. The van der Waals surface area contributed by atoms with Crippen LogP contribution in [0, 0.1) is 11.6 Å². The summed E-state index contributed by atoms with van der Waals surface area (Å²) < 4.78 is 26.4. The van der Waals surface area contributed by atoms with Crippen molar-refractivity contribution in [3.8, 4) is 0 Å². The fourth-order valence-electron chi connectivity index (χ4n) is 1.99. The predicted molar refractivity (Wildman–Crippen MR) is 76.6 cm³/mol. The number of hydrogen-bond acceptors (Lipinski definition) is 2. The Balaban J connectivity index is 2.00. The molecular weight excluding hydrogens is 258 g/mol. The first-order valence-electron chi connectivity index (χ1n) is 6.59. The minimum Gasteiger partial charge on any atom is -0.363 e. The fraction of sp³-hybridized carbons (Fsp3) is 0.312. The van der Waals surface area contributed by atoms with E-state index in [-0.39, 0.29) is 11.4 Å². The third-order valence-corrected chi connectivity index (χ3v) is 3.15. The van der Waals surface area contributed by atoms with Crippen LogP contribution in [-0.2, 0) is 6.42 Å². The van der Waals surface area contributed by atoms with E-state index in [4.69, 9.17) is 0 Å². The number of benzene rings is 1. The van der Waals surface area contributed by atoms with Crippen LogP contribution in [0.4, 0.5) is 14.6 Å². The van der Waals surface area contributed by atoms with E-state index in [0.29, 0.717) is 0 Å². The molecule has 0 aliphatic heterocycles. The summed E-state index contributed by atoms with van der Waals surface area (Å²) >= 11 is 0. The smallest absolute Gasteiger partial charge is 0.168 e. The summed E-state index contributed by atoms with van der Waals surface area (Å²) in [6.07, 6.45) is 2.71. The highest BCUT2D eigenvalue weighted by atomic mass is 19.1. The summed E-state index contributed by atoms with van der Waals surface area (Å²) in [5, 5.41) is 3.03. The maximum absolute atomic E-state index is 13.6. The van der Waals surface area contributed by atoms with E-state index < -0.39 is 11.6 Å². The Bertz CT molecular complexity index is 568. The Morgan fingerprint density at radius 1 is 1.15 bits per heavy atom. The molecular formula is C16H18F2N2. The Labute approximate surface area is 117 Å². The zero-order valence-corrected chi connectivity index (χ0v) is 11.7. The molecule has 1 N–H and O–H groups in total. The molecule has 0 unspecified atom stereocenters. The predicted octanol–water partition coefficient (Wildman–Crippen LogP) is 4.18. The quantitative estimate of drug-likeness (QED) is 0.886. The van der Waals surface area contributed by atoms with Gasteiger partial charge in [0.1, 0.15) is 5.82 Å². The summed E-state index contributed by atoms with van der Waals surface area (Å²) in [7, 11) is 0. The molecule has 2 nitrogen and oxygen atoms in total. The van der Waals surface area contributed by atoms with E-state index in [1.54, 1.807) is 0 Å². The average Bonchev–Trinajstić information content (AvgIpc) is 2.41. The minimum absolute atomic E-state index is 0.0875. The molecule has 0 spiro atoms. The van der Waals surface area contributed by atoms with Gasteiger partial charge in [-0.1, -0.05) is 30.3 Å². The lowest BCUT2D eigenvalue weighted by Crippen LogP contribution is -2.32. The second-order valence-corrected chi connectivity index (χ2v) is 5.48. The standard InChI is InChI=1S/C16H18F2N2/c1-16(2,9-8-12-6-4-3-5-7-12)20-15-14(18)10-13(17)11-19-15/h3-7,10-11H,8-9H2,1-2H3,(H,19,20). The molecule has 0 fully saturated rings. The van der Waals surface area contributed by atoms with Gasteiger partial charge in [0.25, 0.3) is 0 Å². The molecule has 0 saturated carbocycles. The Morgan fingerprint density at radius 3 is 2.50 bits per heavy atom. The van der Waals surface area contributed by atoms with Gasteiger partial charge in [0.05, 0.1) is 6.20 Å². The number of anilines is 1. The molecule has 0 saturated heterocycles. The second kappa shape index (κ2) is 5.99. The number of nitrogens with one attached hydrogen (secondary N) is 1. The number of aryl methyl sites for hydroxylation is 1. The molecule has 1 aromatic carbocycles. The number of pyridine rings is 1. The zero-order chi connectivity index (χ0) is 14.6. The van der Waals surface area contributed by atoms with Gasteiger partial charge in [-0.3, -0.25) is 0 Å². The van der Waals surface area contributed by atoms with Gasteiger partial charge >= 0.3 is 0 Å². The normalized spacial score (nSPS) is 11.4. The van der Waals surface area contributed by atoms with Crippen LogP contribution >= 0.6 is 0 Å². The lowest BCUT2D eigenvalue weighted by Gasteiger charge is -2.27. The van der Waals surface area contributed by atoms with Crippen molar-refractivity contribution in [1.29, 1.82) is 0 Å². The van der Waals surface area contributed by atoms with Gasteiger partial charge in [0.15, 0.2) is 11.6 Å². The van der Waals surface area contributed by atoms with Crippen LogP contribution in [0.25, 0.3) is 0 Å². The monoisotopic (exact) mass is 276 g/mol. The molecule has 20 heavy (non-hydrogen) atoms. The molecule has 0 aliphatic rings. The van der Waals surface area contributed by atoms with Gasteiger partial charge in [-0.25, -0.2) is 13.8 Å². The highest BCUT2D eigenvalue weighted by Gasteiger charge is 2.20. The van der Waals surface area contributed by atoms with Crippen molar-refractivity contribution < 1.29 is 8.78 Å². The lowest BCUT2D eigenvalue weighted by atomic mass is 9.95. The van der Waals surface area contributed by atoms with Crippen LogP contribution in [0.15, 0.2) is 42.6 Å². The molecule has 0 bridgehead atoms. The molecule has 4 heteroatoms. The summed E-state index contributed by atoms with van der Waals surface area (Å²) in [6.45, 7) is 3.95. The minimum atomic E-state index is -0.671. The van der Waals surface area contributed by atoms with Gasteiger partial charge in [0.2, 0.25) is 0 Å². The van der Waals surface area contributed by atoms with Crippen molar-refractivity contribution in [2.45, 2.75) is 32.2 Å². The van der Waals surface area contributed by atoms with E-state index in [0.717, 1.165) is 25.1 Å². The SMILES string of the molecule is CC(C)(CCc1ccccc1)Nc1ncc(F)cc1F. The molecule has 0 aliphatic carbocycles. The van der Waals surface area contributed by atoms with Crippen LogP contribution in [0.3, 0.4) is 0 Å². The molecule has 2 aromatic rings. The van der Waals surface area contributed by atoms with Crippen LogP contribution in [-0.4, -0.2) is 10.5 Å². The molecule has 0 amide bonds. The van der Waals surface area contributed by atoms with Crippen molar-refractivity contribution in [3.63, 3.8) is 0 Å². The topological polar surface area (TPSA) is 24.9 Å². The number of nitrogens with zero attached hydrogens (tertiary/aromatic N) is 1. The van der Waals surface area contributed by atoms with E-state index in [2.05, 4.69) is 22.4 Å². The number of hydrogen-bond donors (Lipinski definition) is 1. The van der Waals surface area contributed by atoms with Crippen molar-refractivity contribution in [2.24, 2.45) is 0 Å². The summed E-state index contributed by atoms with van der Waals surface area (Å²) in [6, 6.07) is 10.9. The lowest BCUT2D eigenvalue weighted by molar-refractivity contribution is 0.505. The van der Waals surface area contributed by atoms with Crippen LogP contribution in [0.1, 0.15) is 25.8 Å². The first-order valence-corrected chi connectivity index (χ1v) is 6.59. The maximum atomic E-state index is 13.6. The van der Waals surface area contributed by atoms with E-state index in [1.807, 2.05) is 32.0 Å². The van der Waals surface area contributed by atoms with E-state index in [1.165, 1.54) is 5.56 Å². The van der Waals surface area contributed by atoms with Crippen molar-refractivity contribution in [1.82, 2.24) is 4.98 Å². The first kappa shape index (κ1) is 14.4. The van der Waals surface area contributed by atoms with E-state index in [9.17, 15) is 8.78 Å². The Kier molecular flexibility index (Phi) is 4.32. The van der Waals surface area contributed by atoms with Gasteiger partial charge in [-0.15, -0.1) is 0 Å². The van der Waals surface area contributed by atoms with Gasteiger partial charge in [-0.05, 0) is 32.3 Å². The van der Waals surface area contributed by atoms with Crippen LogP contribution in [0.5, 0.6) is 0 Å². The third-order valence-electron chi connectivity index (χ3n) is 3.15. The molecule has 0 radical (unpaired) electrons. The highest BCUT2D eigenvalue weighted by Crippen LogP contribution is 2.21. The summed E-state index contributed by atoms with van der Waals surface area (Å²) in [5.74, 6) is -1.25. The number of halogens is 2. The van der Waals surface area contributed by atoms with Crippen LogP contribution < -0.4 is 5.32 Å². The van der Waals surface area contributed by atoms with Crippen molar-refractivity contribution in [3.05, 3.63) is 59.8 Å². The molecule has 2 rings (SSSR count). The van der Waals surface area contributed by atoms with E-state index >= 15 is 0 Å². The van der Waals surface area contributed by atoms with Crippen LogP contribution in [0.2, 0.25) is 0 Å². The molecule has 1 heterocycles. The maximum Gasteiger partial charge on any atom is 0.168 e. The molecule has 0 atom stereocenters. The fourth-order valence-corrected chi connectivity index (χ4v) is 1.99. The first-order chi connectivity index (χ1) is 9.46. The summed E-state index contributed by atoms with van der Waals surface area (Å²) in [4.78, 5) is 3.76.